The Morgan fingerprint density at radius 1 is 1.12 bits per heavy atom. The van der Waals surface area contributed by atoms with Crippen LogP contribution >= 0.6 is 0 Å². The van der Waals surface area contributed by atoms with Crippen LogP contribution in [0.2, 0.25) is 0 Å². The van der Waals surface area contributed by atoms with Crippen LogP contribution in [0.1, 0.15) is 34.1 Å². The van der Waals surface area contributed by atoms with Crippen LogP contribution in [0.5, 0.6) is 0 Å². The molecule has 6 nitrogen and oxygen atoms in total. The van der Waals surface area contributed by atoms with Crippen LogP contribution in [0.3, 0.4) is 0 Å². The van der Waals surface area contributed by atoms with Crippen molar-refractivity contribution >= 4 is 6.29 Å². The number of hydrogen-bond donors (Lipinski definition) is 1. The smallest absolute Gasteiger partial charge is 0.449 e. The summed E-state index contributed by atoms with van der Waals surface area (Å²) >= 11 is 0. The van der Waals surface area contributed by atoms with Gasteiger partial charge in [0.1, 0.15) is 11.5 Å². The second-order valence-corrected chi connectivity index (χ2v) is 8.09. The molecule has 1 atom stereocenters. The summed E-state index contributed by atoms with van der Waals surface area (Å²) in [7, 11) is 0. The van der Waals surface area contributed by atoms with E-state index in [1.165, 1.54) is 12.1 Å². The average Bonchev–Trinajstić information content (AvgIpc) is 3.40. The molecule has 0 aliphatic carbocycles. The van der Waals surface area contributed by atoms with Crippen LogP contribution in [-0.2, 0) is 25.7 Å². The number of imidazole rings is 1. The third kappa shape index (κ3) is 4.87. The first-order chi connectivity index (χ1) is 16.1. The molecule has 4 rings (SSSR count). The zero-order valence-electron chi connectivity index (χ0n) is 17.7. The molecule has 2 aromatic heterocycles. The van der Waals surface area contributed by atoms with Crippen molar-refractivity contribution in [1.82, 2.24) is 14.5 Å². The Morgan fingerprint density at radius 2 is 1.85 bits per heavy atom. The van der Waals surface area contributed by atoms with E-state index >= 15 is 0 Å². The molecule has 182 valence electrons. The summed E-state index contributed by atoms with van der Waals surface area (Å²) in [6, 6.07) is 3.38. The molecule has 0 saturated heterocycles. The average molecular weight is 486 g/mol. The number of alkyl halides is 3. The summed E-state index contributed by atoms with van der Waals surface area (Å²) in [6.45, 7) is 0.791. The molecule has 0 fully saturated rings. The molecule has 3 aromatic rings. The third-order valence-electron chi connectivity index (χ3n) is 5.70. The quantitative estimate of drug-likeness (QED) is 0.308. The fourth-order valence-electron chi connectivity index (χ4n) is 4.02. The zero-order chi connectivity index (χ0) is 24.6. The first-order valence-electron chi connectivity index (χ1n) is 10.4. The van der Waals surface area contributed by atoms with Crippen LogP contribution in [0.25, 0.3) is 11.5 Å². The second kappa shape index (κ2) is 9.26. The van der Waals surface area contributed by atoms with E-state index in [1.54, 1.807) is 0 Å². The standard InChI is InChI=1S/C22H20F6N4O2/c23-15-9-17(25)16(24)8-12(15)7-13(29)3-4-31-5-6-32-18(10-31)20(30-21(32)22(26,27)28)19-2-1-14(11-33)34-19/h1-2,8-9,11,13H,3-7,10,29H2/t13-/m0/s1. The normalized spacial score (nSPS) is 15.4. The number of aldehydes is 1. The number of carbonyl (C=O) groups is 1. The number of carbonyl (C=O) groups excluding carboxylic acids is 1. The first-order valence-corrected chi connectivity index (χ1v) is 10.4. The third-order valence-corrected chi connectivity index (χ3v) is 5.70. The van der Waals surface area contributed by atoms with Gasteiger partial charge in [0.2, 0.25) is 5.82 Å². The Morgan fingerprint density at radius 3 is 2.53 bits per heavy atom. The second-order valence-electron chi connectivity index (χ2n) is 8.09. The van der Waals surface area contributed by atoms with Crippen LogP contribution < -0.4 is 5.73 Å². The maximum absolute atomic E-state index is 13.9. The number of hydrogen-bond acceptors (Lipinski definition) is 5. The fourth-order valence-corrected chi connectivity index (χ4v) is 4.02. The summed E-state index contributed by atoms with van der Waals surface area (Å²) in [6.07, 6.45) is -3.92. The molecule has 0 unspecified atom stereocenters. The van der Waals surface area contributed by atoms with Gasteiger partial charge in [-0.05, 0) is 36.6 Å². The first kappa shape index (κ1) is 24.0. The molecule has 3 heterocycles. The lowest BCUT2D eigenvalue weighted by Crippen LogP contribution is -2.38. The van der Waals surface area contributed by atoms with E-state index < -0.39 is 35.5 Å². The molecule has 0 amide bonds. The molecule has 1 aromatic carbocycles. The van der Waals surface area contributed by atoms with Gasteiger partial charge in [-0.3, -0.25) is 9.69 Å². The van der Waals surface area contributed by atoms with Gasteiger partial charge in [0.15, 0.2) is 29.4 Å². The summed E-state index contributed by atoms with van der Waals surface area (Å²) < 4.78 is 87.4. The number of nitrogens with two attached hydrogens (primary N) is 1. The molecule has 2 N–H and O–H groups in total. The van der Waals surface area contributed by atoms with Crippen LogP contribution in [0, 0.1) is 17.5 Å². The maximum atomic E-state index is 13.9. The monoisotopic (exact) mass is 486 g/mol. The van der Waals surface area contributed by atoms with Crippen molar-refractivity contribution in [3.05, 3.63) is 64.6 Å². The molecule has 0 spiro atoms. The van der Waals surface area contributed by atoms with Gasteiger partial charge in [0.25, 0.3) is 0 Å². The van der Waals surface area contributed by atoms with Crippen molar-refractivity contribution in [2.24, 2.45) is 5.73 Å². The predicted molar refractivity (Wildman–Crippen MR) is 108 cm³/mol. The minimum absolute atomic E-state index is 0.00159. The summed E-state index contributed by atoms with van der Waals surface area (Å²) in [5.74, 6) is -4.38. The number of halogens is 6. The van der Waals surface area contributed by atoms with Gasteiger partial charge in [-0.25, -0.2) is 18.2 Å². The van der Waals surface area contributed by atoms with Crippen molar-refractivity contribution in [2.75, 3.05) is 13.1 Å². The highest BCUT2D eigenvalue weighted by Gasteiger charge is 2.40. The zero-order valence-corrected chi connectivity index (χ0v) is 17.7. The van der Waals surface area contributed by atoms with Gasteiger partial charge in [-0.2, -0.15) is 13.2 Å². The van der Waals surface area contributed by atoms with Crippen molar-refractivity contribution in [3.8, 4) is 11.5 Å². The van der Waals surface area contributed by atoms with Gasteiger partial charge < -0.3 is 14.7 Å². The summed E-state index contributed by atoms with van der Waals surface area (Å²) in [5, 5.41) is 0. The van der Waals surface area contributed by atoms with Gasteiger partial charge >= 0.3 is 6.18 Å². The summed E-state index contributed by atoms with van der Waals surface area (Å²) in [4.78, 5) is 16.5. The Hall–Kier alpha value is -3.12. The van der Waals surface area contributed by atoms with Crippen LogP contribution in [0.15, 0.2) is 28.7 Å². The number of aromatic nitrogens is 2. The van der Waals surface area contributed by atoms with E-state index in [9.17, 15) is 31.1 Å². The molecular weight excluding hydrogens is 466 g/mol. The SMILES string of the molecule is N[C@@H](CCN1CCn2c(C(F)(F)F)nc(-c3ccc(C=O)o3)c2C1)Cc1cc(F)c(F)cc1F. The van der Waals surface area contributed by atoms with E-state index in [2.05, 4.69) is 4.98 Å². The number of fused-ring (bicyclic) bond motifs is 1. The fraction of sp³-hybridized carbons (Fsp3) is 0.364. The Bertz CT molecular complexity index is 1200. The van der Waals surface area contributed by atoms with Crippen molar-refractivity contribution in [1.29, 1.82) is 0 Å². The highest BCUT2D eigenvalue weighted by molar-refractivity contribution is 5.72. The van der Waals surface area contributed by atoms with Crippen LogP contribution in [0.4, 0.5) is 26.3 Å². The van der Waals surface area contributed by atoms with Gasteiger partial charge in [0, 0.05) is 38.3 Å². The van der Waals surface area contributed by atoms with Gasteiger partial charge in [-0.1, -0.05) is 0 Å². The highest BCUT2D eigenvalue weighted by atomic mass is 19.4. The van der Waals surface area contributed by atoms with Crippen molar-refractivity contribution in [2.45, 2.75) is 38.1 Å². The number of furan rings is 1. The number of benzene rings is 1. The molecule has 12 heteroatoms. The molecule has 1 aliphatic heterocycles. The molecular formula is C22H20F6N4O2. The minimum Gasteiger partial charge on any atom is -0.452 e. The Balaban J connectivity index is 1.49. The Kier molecular flexibility index (Phi) is 6.54. The molecule has 0 radical (unpaired) electrons. The number of nitrogens with zero attached hydrogens (tertiary/aromatic N) is 3. The van der Waals surface area contributed by atoms with E-state index in [4.69, 9.17) is 10.2 Å². The highest BCUT2D eigenvalue weighted by Crippen LogP contribution is 2.36. The predicted octanol–water partition coefficient (Wildman–Crippen LogP) is 4.17. The maximum Gasteiger partial charge on any atom is 0.449 e. The van der Waals surface area contributed by atoms with Gasteiger partial charge in [-0.15, -0.1) is 0 Å². The van der Waals surface area contributed by atoms with E-state index in [0.717, 1.165) is 10.6 Å². The molecule has 0 saturated carbocycles. The minimum atomic E-state index is -4.67. The van der Waals surface area contributed by atoms with E-state index in [0.29, 0.717) is 25.3 Å². The lowest BCUT2D eigenvalue weighted by molar-refractivity contribution is -0.147. The van der Waals surface area contributed by atoms with E-state index in [1.807, 2.05) is 4.90 Å². The van der Waals surface area contributed by atoms with Gasteiger partial charge in [0.05, 0.1) is 5.69 Å². The Labute approximate surface area is 190 Å². The molecule has 0 bridgehead atoms. The van der Waals surface area contributed by atoms with Crippen molar-refractivity contribution < 1.29 is 35.6 Å². The lowest BCUT2D eigenvalue weighted by atomic mass is 10.0. The largest absolute Gasteiger partial charge is 0.452 e. The van der Waals surface area contributed by atoms with Crippen LogP contribution in [-0.4, -0.2) is 39.9 Å². The number of rotatable bonds is 7. The van der Waals surface area contributed by atoms with E-state index in [-0.39, 0.29) is 54.5 Å². The topological polar surface area (TPSA) is 77.3 Å². The molecule has 1 aliphatic rings. The lowest BCUT2D eigenvalue weighted by Gasteiger charge is -2.30. The summed E-state index contributed by atoms with van der Waals surface area (Å²) in [5.41, 5.74) is 6.28. The van der Waals surface area contributed by atoms with Crippen molar-refractivity contribution in [3.63, 3.8) is 0 Å². The molecule has 34 heavy (non-hydrogen) atoms.